The van der Waals surface area contributed by atoms with Gasteiger partial charge in [-0.1, -0.05) is 6.92 Å². The van der Waals surface area contributed by atoms with E-state index in [4.69, 9.17) is 9.15 Å². The van der Waals surface area contributed by atoms with Crippen LogP contribution in [0, 0.1) is 5.92 Å². The summed E-state index contributed by atoms with van der Waals surface area (Å²) in [6.07, 6.45) is 2.16. The van der Waals surface area contributed by atoms with Gasteiger partial charge in [-0.25, -0.2) is 0 Å². The maximum absolute atomic E-state index is 11.2. The van der Waals surface area contributed by atoms with Crippen molar-refractivity contribution in [2.45, 2.75) is 18.8 Å². The molecule has 1 aromatic heterocycles. The largest absolute Gasteiger partial charge is 0.481 e. The summed E-state index contributed by atoms with van der Waals surface area (Å²) < 4.78 is 10.5. The van der Waals surface area contributed by atoms with E-state index in [2.05, 4.69) is 0 Å². The summed E-state index contributed by atoms with van der Waals surface area (Å²) in [4.78, 5) is 11.2. The molecule has 82 valence electrons. The quantitative estimate of drug-likeness (QED) is 0.821. The zero-order valence-electron chi connectivity index (χ0n) is 8.60. The highest BCUT2D eigenvalue weighted by Crippen LogP contribution is 2.41. The van der Waals surface area contributed by atoms with E-state index >= 15 is 0 Å². The topological polar surface area (TPSA) is 59.7 Å². The minimum atomic E-state index is -0.780. The number of hydrogen-bond acceptors (Lipinski definition) is 3. The molecule has 0 amide bonds. The molecule has 0 saturated carbocycles. The smallest absolute Gasteiger partial charge is 0.307 e. The minimum Gasteiger partial charge on any atom is -0.481 e. The molecule has 2 rings (SSSR count). The number of carbonyl (C=O) groups is 1. The summed E-state index contributed by atoms with van der Waals surface area (Å²) >= 11 is 0. The predicted molar refractivity (Wildman–Crippen MR) is 52.6 cm³/mol. The van der Waals surface area contributed by atoms with Crippen LogP contribution in [-0.2, 0) is 14.9 Å². The Morgan fingerprint density at radius 2 is 2.40 bits per heavy atom. The summed E-state index contributed by atoms with van der Waals surface area (Å²) in [6, 6.07) is 3.61. The third-order valence-corrected chi connectivity index (χ3v) is 3.10. The molecule has 1 atom stereocenters. The Labute approximate surface area is 87.8 Å². The van der Waals surface area contributed by atoms with Gasteiger partial charge in [0.2, 0.25) is 0 Å². The molecule has 0 aromatic carbocycles. The van der Waals surface area contributed by atoms with E-state index in [1.54, 1.807) is 12.3 Å². The zero-order valence-corrected chi connectivity index (χ0v) is 8.60. The van der Waals surface area contributed by atoms with E-state index in [1.807, 2.05) is 13.0 Å². The van der Waals surface area contributed by atoms with E-state index in [9.17, 15) is 9.90 Å². The van der Waals surface area contributed by atoms with Crippen LogP contribution in [0.15, 0.2) is 22.8 Å². The normalized spacial score (nSPS) is 20.6. The Morgan fingerprint density at radius 1 is 1.67 bits per heavy atom. The Bertz CT molecular complexity index is 337. The van der Waals surface area contributed by atoms with Crippen LogP contribution in [0.25, 0.3) is 0 Å². The lowest BCUT2D eigenvalue weighted by atomic mass is 9.70. The molecule has 1 aliphatic heterocycles. The first-order valence-corrected chi connectivity index (χ1v) is 5.05. The highest BCUT2D eigenvalue weighted by molar-refractivity contribution is 5.72. The van der Waals surface area contributed by atoms with Crippen LogP contribution in [0.3, 0.4) is 0 Å². The average molecular weight is 210 g/mol. The molecule has 0 spiro atoms. The molecule has 4 nitrogen and oxygen atoms in total. The van der Waals surface area contributed by atoms with Crippen LogP contribution in [0.4, 0.5) is 0 Å². The van der Waals surface area contributed by atoms with Crippen LogP contribution in [0.5, 0.6) is 0 Å². The minimum absolute atomic E-state index is 0.433. The van der Waals surface area contributed by atoms with Gasteiger partial charge in [0.1, 0.15) is 5.76 Å². The molecule has 1 unspecified atom stereocenters. The molecular formula is C11H14O4. The number of aliphatic carboxylic acids is 1. The molecule has 0 bridgehead atoms. The van der Waals surface area contributed by atoms with Gasteiger partial charge in [-0.2, -0.15) is 0 Å². The first-order valence-electron chi connectivity index (χ1n) is 5.05. The summed E-state index contributed by atoms with van der Waals surface area (Å²) in [5.41, 5.74) is -0.454. The van der Waals surface area contributed by atoms with Crippen LogP contribution in [0.2, 0.25) is 0 Å². The summed E-state index contributed by atoms with van der Waals surface area (Å²) in [7, 11) is 0. The lowest BCUT2D eigenvalue weighted by Crippen LogP contribution is -2.54. The van der Waals surface area contributed by atoms with Crippen molar-refractivity contribution in [2.75, 3.05) is 13.2 Å². The van der Waals surface area contributed by atoms with E-state index in [1.165, 1.54) is 0 Å². The van der Waals surface area contributed by atoms with Gasteiger partial charge in [0.05, 0.1) is 30.8 Å². The van der Waals surface area contributed by atoms with Crippen molar-refractivity contribution in [1.82, 2.24) is 0 Å². The van der Waals surface area contributed by atoms with Gasteiger partial charge in [-0.05, 0) is 18.6 Å². The number of hydrogen-bond donors (Lipinski definition) is 1. The molecule has 1 fully saturated rings. The summed E-state index contributed by atoms with van der Waals surface area (Å²) in [5, 5.41) is 9.18. The van der Waals surface area contributed by atoms with E-state index < -0.39 is 17.3 Å². The van der Waals surface area contributed by atoms with Crippen LogP contribution < -0.4 is 0 Å². The first-order chi connectivity index (χ1) is 7.20. The van der Waals surface area contributed by atoms with Gasteiger partial charge in [0, 0.05) is 0 Å². The fourth-order valence-corrected chi connectivity index (χ4v) is 2.20. The van der Waals surface area contributed by atoms with Gasteiger partial charge in [-0.3, -0.25) is 4.79 Å². The second-order valence-electron chi connectivity index (χ2n) is 3.93. The maximum atomic E-state index is 11.2. The van der Waals surface area contributed by atoms with E-state index in [-0.39, 0.29) is 0 Å². The molecule has 1 aromatic rings. The van der Waals surface area contributed by atoms with Crippen molar-refractivity contribution in [3.63, 3.8) is 0 Å². The molecule has 1 saturated heterocycles. The zero-order chi connectivity index (χ0) is 10.9. The van der Waals surface area contributed by atoms with Gasteiger partial charge in [0.15, 0.2) is 0 Å². The third-order valence-electron chi connectivity index (χ3n) is 3.10. The van der Waals surface area contributed by atoms with Crippen molar-refractivity contribution in [3.05, 3.63) is 24.2 Å². The highest BCUT2D eigenvalue weighted by atomic mass is 16.5. The van der Waals surface area contributed by atoms with Gasteiger partial charge in [-0.15, -0.1) is 0 Å². The molecule has 1 N–H and O–H groups in total. The summed E-state index contributed by atoms with van der Waals surface area (Å²) in [5.74, 6) is -0.488. The fraction of sp³-hybridized carbons (Fsp3) is 0.545. The Balaban J connectivity index is 2.32. The molecule has 0 aliphatic carbocycles. The maximum Gasteiger partial charge on any atom is 0.307 e. The van der Waals surface area contributed by atoms with Crippen LogP contribution in [0.1, 0.15) is 19.1 Å². The van der Waals surface area contributed by atoms with Crippen molar-refractivity contribution >= 4 is 5.97 Å². The third kappa shape index (κ3) is 1.45. The molecule has 1 aliphatic rings. The molecule has 2 heterocycles. The van der Waals surface area contributed by atoms with Crippen molar-refractivity contribution < 1.29 is 19.1 Å². The molecule has 4 heteroatoms. The summed E-state index contributed by atoms with van der Waals surface area (Å²) in [6.45, 7) is 2.75. The molecule has 15 heavy (non-hydrogen) atoms. The average Bonchev–Trinajstić information content (AvgIpc) is 2.62. The second-order valence-corrected chi connectivity index (χ2v) is 3.93. The highest BCUT2D eigenvalue weighted by Gasteiger charge is 2.51. The number of ether oxygens (including phenoxy) is 1. The number of rotatable bonds is 4. The monoisotopic (exact) mass is 210 g/mol. The van der Waals surface area contributed by atoms with Crippen LogP contribution in [-0.4, -0.2) is 24.3 Å². The van der Waals surface area contributed by atoms with Gasteiger partial charge < -0.3 is 14.3 Å². The second kappa shape index (κ2) is 3.70. The Kier molecular flexibility index (Phi) is 2.52. The van der Waals surface area contributed by atoms with Crippen molar-refractivity contribution in [2.24, 2.45) is 5.92 Å². The fourth-order valence-electron chi connectivity index (χ4n) is 2.20. The molecular weight excluding hydrogens is 196 g/mol. The number of carboxylic acid groups (broad SMARTS) is 1. The Morgan fingerprint density at radius 3 is 2.73 bits per heavy atom. The van der Waals surface area contributed by atoms with Gasteiger partial charge in [0.25, 0.3) is 0 Å². The Hall–Kier alpha value is -1.29. The first kappa shape index (κ1) is 10.2. The van der Waals surface area contributed by atoms with E-state index in [0.29, 0.717) is 19.6 Å². The van der Waals surface area contributed by atoms with Gasteiger partial charge >= 0.3 is 5.97 Å². The SMILES string of the molecule is CCC(C(=O)O)C1(c2ccco2)COC1. The van der Waals surface area contributed by atoms with E-state index in [0.717, 1.165) is 5.76 Å². The molecule has 0 radical (unpaired) electrons. The lowest BCUT2D eigenvalue weighted by Gasteiger charge is -2.43. The lowest BCUT2D eigenvalue weighted by molar-refractivity contribution is -0.159. The standard InChI is InChI=1S/C11H14O4/c1-2-8(10(12)13)11(6-14-7-11)9-4-3-5-15-9/h3-5,8H,2,6-7H2,1H3,(H,12,13). The number of carboxylic acids is 1. The predicted octanol–water partition coefficient (Wildman–Crippen LogP) is 1.66. The number of furan rings is 1. The van der Waals surface area contributed by atoms with Crippen molar-refractivity contribution in [3.8, 4) is 0 Å². The van der Waals surface area contributed by atoms with Crippen molar-refractivity contribution in [1.29, 1.82) is 0 Å². The van der Waals surface area contributed by atoms with Crippen LogP contribution >= 0.6 is 0 Å².